The summed E-state index contributed by atoms with van der Waals surface area (Å²) >= 11 is 0. The lowest BCUT2D eigenvalue weighted by Gasteiger charge is -2.51. The Balaban J connectivity index is 1.46. The van der Waals surface area contributed by atoms with Crippen molar-refractivity contribution in [2.24, 2.45) is 11.3 Å². The number of rotatable bonds is 8. The number of methoxy groups -OCH3 is 3. The molecule has 3 aromatic rings. The lowest BCUT2D eigenvalue weighted by atomic mass is 9.52. The van der Waals surface area contributed by atoms with Gasteiger partial charge < -0.3 is 18.9 Å². The van der Waals surface area contributed by atoms with E-state index in [1.807, 2.05) is 18.2 Å². The molecule has 1 spiro atoms. The summed E-state index contributed by atoms with van der Waals surface area (Å²) in [6.45, 7) is 6.68. The Morgan fingerprint density at radius 3 is 2.41 bits per heavy atom. The number of halogens is 1. The predicted molar refractivity (Wildman–Crippen MR) is 158 cm³/mol. The van der Waals surface area contributed by atoms with E-state index in [4.69, 9.17) is 18.9 Å². The van der Waals surface area contributed by atoms with Crippen molar-refractivity contribution in [3.05, 3.63) is 82.7 Å². The van der Waals surface area contributed by atoms with Gasteiger partial charge >= 0.3 is 5.97 Å². The summed E-state index contributed by atoms with van der Waals surface area (Å²) in [5.41, 5.74) is 5.25. The molecule has 41 heavy (non-hydrogen) atoms. The van der Waals surface area contributed by atoms with E-state index >= 15 is 4.39 Å². The second kappa shape index (κ2) is 11.5. The van der Waals surface area contributed by atoms with Crippen molar-refractivity contribution in [2.75, 3.05) is 21.3 Å². The van der Waals surface area contributed by atoms with E-state index in [-0.39, 0.29) is 34.6 Å². The van der Waals surface area contributed by atoms with E-state index < -0.39 is 0 Å². The zero-order valence-electron chi connectivity index (χ0n) is 25.0. The van der Waals surface area contributed by atoms with Crippen LogP contribution in [0.5, 0.6) is 11.5 Å². The predicted octanol–water partition coefficient (Wildman–Crippen LogP) is 7.97. The maximum absolute atomic E-state index is 15.1. The Kier molecular flexibility index (Phi) is 8.15. The monoisotopic (exact) mass is 560 g/mol. The summed E-state index contributed by atoms with van der Waals surface area (Å²) in [4.78, 5) is 12.5. The van der Waals surface area contributed by atoms with Crippen molar-refractivity contribution >= 4 is 5.97 Å². The van der Waals surface area contributed by atoms with E-state index in [9.17, 15) is 4.79 Å². The van der Waals surface area contributed by atoms with E-state index in [2.05, 4.69) is 39.0 Å². The minimum absolute atomic E-state index is 0.0858. The SMILES string of the molecule is COC(=O)[C@H]1CC[C@]12CCCc1ccc(OCc3ccc(-c4cc(OC)ccc4F)c([C@H](OC)C(C)(C)C)c3)cc12. The molecular formula is C35H41FO5. The summed E-state index contributed by atoms with van der Waals surface area (Å²) in [5, 5.41) is 0. The fourth-order valence-corrected chi connectivity index (χ4v) is 6.92. The molecular weight excluding hydrogens is 519 g/mol. The topological polar surface area (TPSA) is 54.0 Å². The minimum Gasteiger partial charge on any atom is -0.497 e. The Morgan fingerprint density at radius 1 is 0.976 bits per heavy atom. The van der Waals surface area contributed by atoms with Crippen LogP contribution in [0, 0.1) is 17.2 Å². The first-order valence-corrected chi connectivity index (χ1v) is 14.4. The first-order chi connectivity index (χ1) is 19.6. The molecule has 0 aromatic heterocycles. The molecule has 0 amide bonds. The average molecular weight is 561 g/mol. The van der Waals surface area contributed by atoms with E-state index in [0.717, 1.165) is 54.5 Å². The maximum Gasteiger partial charge on any atom is 0.309 e. The normalized spacial score (nSPS) is 20.6. The highest BCUT2D eigenvalue weighted by Crippen LogP contribution is 2.56. The number of hydrogen-bond donors (Lipinski definition) is 0. The fourth-order valence-electron chi connectivity index (χ4n) is 6.92. The lowest BCUT2D eigenvalue weighted by Crippen LogP contribution is -2.50. The van der Waals surface area contributed by atoms with Crippen molar-refractivity contribution in [3.63, 3.8) is 0 Å². The van der Waals surface area contributed by atoms with E-state index in [0.29, 0.717) is 17.9 Å². The number of fused-ring (bicyclic) bond motifs is 2. The molecule has 3 aromatic carbocycles. The number of hydrogen-bond acceptors (Lipinski definition) is 5. The van der Waals surface area contributed by atoms with Gasteiger partial charge in [-0.3, -0.25) is 4.79 Å². The van der Waals surface area contributed by atoms with Crippen LogP contribution in [-0.4, -0.2) is 27.3 Å². The van der Waals surface area contributed by atoms with Crippen LogP contribution in [0.3, 0.4) is 0 Å². The molecule has 0 unspecified atom stereocenters. The average Bonchev–Trinajstić information content (AvgIpc) is 2.95. The highest BCUT2D eigenvalue weighted by atomic mass is 19.1. The van der Waals surface area contributed by atoms with Crippen LogP contribution >= 0.6 is 0 Å². The second-order valence-corrected chi connectivity index (χ2v) is 12.5. The third kappa shape index (κ3) is 5.46. The largest absolute Gasteiger partial charge is 0.497 e. The van der Waals surface area contributed by atoms with Crippen molar-refractivity contribution in [1.82, 2.24) is 0 Å². The number of carbonyl (C=O) groups is 1. The standard InChI is InChI=1S/C35H41FO5/c1-34(2,3)32(39-5)28-18-22(9-13-26(28)27-19-24(38-4)12-14-31(27)36)21-41-25-11-10-23-8-7-16-35(30(23)20-25)17-15-29(35)33(37)40-6/h9-14,18-20,29,32H,7-8,15-17,21H2,1-6H3/t29-,32+,35-/m1/s1. The van der Waals surface area contributed by atoms with Crippen molar-refractivity contribution in [2.45, 2.75) is 71.0 Å². The van der Waals surface area contributed by atoms with Crippen molar-refractivity contribution in [3.8, 4) is 22.6 Å². The fraction of sp³-hybridized carbons (Fsp3) is 0.457. The van der Waals surface area contributed by atoms with Gasteiger partial charge in [0.1, 0.15) is 23.9 Å². The van der Waals surface area contributed by atoms with Crippen LogP contribution in [0.25, 0.3) is 11.1 Å². The Labute approximate surface area is 243 Å². The third-order valence-corrected chi connectivity index (χ3v) is 9.01. The van der Waals surface area contributed by atoms with Gasteiger partial charge in [0.2, 0.25) is 0 Å². The van der Waals surface area contributed by atoms with Gasteiger partial charge in [-0.2, -0.15) is 0 Å². The minimum atomic E-state index is -0.316. The smallest absolute Gasteiger partial charge is 0.309 e. The van der Waals surface area contributed by atoms with Gasteiger partial charge in [0, 0.05) is 18.1 Å². The van der Waals surface area contributed by atoms with E-state index in [1.165, 1.54) is 24.3 Å². The summed E-state index contributed by atoms with van der Waals surface area (Å²) < 4.78 is 38.0. The summed E-state index contributed by atoms with van der Waals surface area (Å²) in [6.07, 6.45) is 4.69. The molecule has 0 radical (unpaired) electrons. The first-order valence-electron chi connectivity index (χ1n) is 14.4. The maximum atomic E-state index is 15.1. The van der Waals surface area contributed by atoms with E-state index in [1.54, 1.807) is 26.4 Å². The van der Waals surface area contributed by atoms with Crippen LogP contribution in [0.4, 0.5) is 4.39 Å². The molecule has 6 heteroatoms. The Bertz CT molecular complexity index is 1420. The molecule has 0 heterocycles. The van der Waals surface area contributed by atoms with Crippen molar-refractivity contribution < 1.29 is 28.1 Å². The molecule has 0 saturated heterocycles. The number of esters is 1. The Hall–Kier alpha value is -3.38. The van der Waals surface area contributed by atoms with Crippen LogP contribution in [-0.2, 0) is 32.7 Å². The van der Waals surface area contributed by atoms with Gasteiger partial charge in [-0.25, -0.2) is 4.39 Å². The van der Waals surface area contributed by atoms with Crippen LogP contribution in [0.1, 0.15) is 74.8 Å². The van der Waals surface area contributed by atoms with Crippen LogP contribution < -0.4 is 9.47 Å². The molecule has 1 fully saturated rings. The van der Waals surface area contributed by atoms with Crippen LogP contribution in [0.15, 0.2) is 54.6 Å². The third-order valence-electron chi connectivity index (χ3n) is 9.01. The molecule has 5 rings (SSSR count). The van der Waals surface area contributed by atoms with Gasteiger partial charge in [0.05, 0.1) is 26.2 Å². The van der Waals surface area contributed by atoms with Crippen molar-refractivity contribution in [1.29, 1.82) is 0 Å². The number of carbonyl (C=O) groups excluding carboxylic acids is 1. The van der Waals surface area contributed by atoms with Gasteiger partial charge in [-0.15, -0.1) is 0 Å². The summed E-state index contributed by atoms with van der Waals surface area (Å²) in [7, 11) is 4.75. The zero-order valence-corrected chi connectivity index (χ0v) is 25.0. The zero-order chi connectivity index (χ0) is 29.4. The quantitative estimate of drug-likeness (QED) is 0.262. The Morgan fingerprint density at radius 2 is 1.76 bits per heavy atom. The number of benzene rings is 3. The van der Waals surface area contributed by atoms with Gasteiger partial charge in [-0.1, -0.05) is 39.0 Å². The molecule has 5 nitrogen and oxygen atoms in total. The van der Waals surface area contributed by atoms with Crippen LogP contribution in [0.2, 0.25) is 0 Å². The molecule has 2 aliphatic carbocycles. The number of ether oxygens (including phenoxy) is 4. The summed E-state index contributed by atoms with van der Waals surface area (Å²) in [5.74, 6) is 0.864. The molecule has 0 bridgehead atoms. The van der Waals surface area contributed by atoms with Gasteiger partial charge in [0.25, 0.3) is 0 Å². The van der Waals surface area contributed by atoms with Gasteiger partial charge in [-0.05, 0) is 102 Å². The molecule has 2 aliphatic rings. The summed E-state index contributed by atoms with van der Waals surface area (Å²) in [6, 6.07) is 17.1. The molecule has 3 atom stereocenters. The number of aryl methyl sites for hydroxylation is 1. The highest BCUT2D eigenvalue weighted by Gasteiger charge is 2.53. The highest BCUT2D eigenvalue weighted by molar-refractivity contribution is 5.76. The molecule has 0 aliphatic heterocycles. The molecule has 1 saturated carbocycles. The molecule has 0 N–H and O–H groups in total. The molecule has 218 valence electrons. The second-order valence-electron chi connectivity index (χ2n) is 12.5. The van der Waals surface area contributed by atoms with Gasteiger partial charge in [0.15, 0.2) is 0 Å². The lowest BCUT2D eigenvalue weighted by molar-refractivity contribution is -0.153. The first kappa shape index (κ1) is 29.1.